The number of thiocarbonyl (C=S) groups is 1. The van der Waals surface area contributed by atoms with Crippen molar-refractivity contribution in [1.29, 1.82) is 0 Å². The lowest BCUT2D eigenvalue weighted by atomic mass is 10.2. The van der Waals surface area contributed by atoms with E-state index in [-0.39, 0.29) is 0 Å². The summed E-state index contributed by atoms with van der Waals surface area (Å²) in [6.07, 6.45) is 0. The second kappa shape index (κ2) is 2.92. The number of fused-ring (bicyclic) bond motifs is 1. The van der Waals surface area contributed by atoms with Crippen molar-refractivity contribution in [3.05, 3.63) is 28.8 Å². The van der Waals surface area contributed by atoms with Gasteiger partial charge in [-0.05, 0) is 24.4 Å². The van der Waals surface area contributed by atoms with Crippen molar-refractivity contribution in [1.82, 2.24) is 5.32 Å². The van der Waals surface area contributed by atoms with E-state index in [0.717, 1.165) is 11.3 Å². The number of hydrogen-bond acceptors (Lipinski definition) is 2. The van der Waals surface area contributed by atoms with Crippen LogP contribution in [0.2, 0.25) is 5.02 Å². The van der Waals surface area contributed by atoms with Gasteiger partial charge in [0.15, 0.2) is 0 Å². The molecule has 0 saturated heterocycles. The summed E-state index contributed by atoms with van der Waals surface area (Å²) in [6, 6.07) is 5.52. The van der Waals surface area contributed by atoms with Crippen LogP contribution in [0.15, 0.2) is 18.2 Å². The van der Waals surface area contributed by atoms with Crippen molar-refractivity contribution in [2.45, 2.75) is 6.54 Å². The summed E-state index contributed by atoms with van der Waals surface area (Å²) in [5.74, 6) is 0.756. The number of nitrogens with one attached hydrogen (secondary N) is 1. The molecule has 1 N–H and O–H groups in total. The van der Waals surface area contributed by atoms with E-state index in [9.17, 15) is 0 Å². The predicted molar refractivity (Wildman–Crippen MR) is 51.5 cm³/mol. The zero-order valence-electron chi connectivity index (χ0n) is 6.13. The summed E-state index contributed by atoms with van der Waals surface area (Å²) in [6.45, 7) is 0.714. The summed E-state index contributed by atoms with van der Waals surface area (Å²) < 4.78 is 5.25. The number of benzene rings is 1. The molecule has 0 spiro atoms. The number of rotatable bonds is 0. The van der Waals surface area contributed by atoms with Crippen LogP contribution in [-0.4, -0.2) is 5.17 Å². The Balaban J connectivity index is 2.44. The lowest BCUT2D eigenvalue weighted by Gasteiger charge is -2.18. The molecule has 1 aliphatic rings. The van der Waals surface area contributed by atoms with Gasteiger partial charge < -0.3 is 10.1 Å². The fourth-order valence-corrected chi connectivity index (χ4v) is 1.40. The van der Waals surface area contributed by atoms with E-state index in [0.29, 0.717) is 16.7 Å². The lowest BCUT2D eigenvalue weighted by Crippen LogP contribution is -2.30. The highest BCUT2D eigenvalue weighted by molar-refractivity contribution is 7.80. The standard InChI is InChI=1S/C8H6ClNOS/c9-6-2-1-5-4-10-8(12)11-7(5)3-6/h1-3H,4H2,(H,10,12). The zero-order chi connectivity index (χ0) is 8.55. The maximum Gasteiger partial charge on any atom is 0.262 e. The third-order valence-electron chi connectivity index (χ3n) is 1.66. The maximum absolute atomic E-state index is 5.78. The fourth-order valence-electron chi connectivity index (χ4n) is 1.07. The second-order valence-electron chi connectivity index (χ2n) is 2.50. The number of hydrogen-bond donors (Lipinski definition) is 1. The molecule has 1 aliphatic heterocycles. The van der Waals surface area contributed by atoms with E-state index in [1.165, 1.54) is 0 Å². The Morgan fingerprint density at radius 1 is 1.50 bits per heavy atom. The second-order valence-corrected chi connectivity index (χ2v) is 3.30. The molecule has 2 nitrogen and oxygen atoms in total. The van der Waals surface area contributed by atoms with Crippen molar-refractivity contribution in [3.8, 4) is 5.75 Å². The van der Waals surface area contributed by atoms with Gasteiger partial charge in [0.2, 0.25) is 0 Å². The van der Waals surface area contributed by atoms with Crippen molar-refractivity contribution < 1.29 is 4.74 Å². The SMILES string of the molecule is S=C1NCc2ccc(Cl)cc2O1. The summed E-state index contributed by atoms with van der Waals surface area (Å²) >= 11 is 10.6. The van der Waals surface area contributed by atoms with Gasteiger partial charge in [0.1, 0.15) is 5.75 Å². The van der Waals surface area contributed by atoms with Crippen LogP contribution in [0.5, 0.6) is 5.75 Å². The van der Waals surface area contributed by atoms with Crippen LogP contribution >= 0.6 is 23.8 Å². The minimum atomic E-state index is 0.407. The zero-order valence-corrected chi connectivity index (χ0v) is 7.71. The van der Waals surface area contributed by atoms with Gasteiger partial charge in [0, 0.05) is 17.1 Å². The smallest absolute Gasteiger partial charge is 0.262 e. The van der Waals surface area contributed by atoms with Crippen molar-refractivity contribution in [2.24, 2.45) is 0 Å². The Labute approximate surface area is 80.5 Å². The van der Waals surface area contributed by atoms with Crippen LogP contribution in [0.1, 0.15) is 5.56 Å². The summed E-state index contributed by atoms with van der Waals surface area (Å²) in [5.41, 5.74) is 1.08. The Hall–Kier alpha value is -0.800. The van der Waals surface area contributed by atoms with Crippen LogP contribution in [0, 0.1) is 0 Å². The van der Waals surface area contributed by atoms with Crippen molar-refractivity contribution in [3.63, 3.8) is 0 Å². The van der Waals surface area contributed by atoms with E-state index < -0.39 is 0 Å². The summed E-state index contributed by atoms with van der Waals surface area (Å²) in [5, 5.41) is 4.00. The van der Waals surface area contributed by atoms with E-state index in [1.807, 2.05) is 12.1 Å². The van der Waals surface area contributed by atoms with E-state index in [4.69, 9.17) is 28.6 Å². The molecule has 0 aliphatic carbocycles. The molecule has 0 aromatic heterocycles. The Morgan fingerprint density at radius 3 is 3.17 bits per heavy atom. The maximum atomic E-state index is 5.78. The van der Waals surface area contributed by atoms with Crippen LogP contribution < -0.4 is 10.1 Å². The van der Waals surface area contributed by atoms with Crippen molar-refractivity contribution in [2.75, 3.05) is 0 Å². The molecule has 0 radical (unpaired) electrons. The largest absolute Gasteiger partial charge is 0.432 e. The molecule has 0 fully saturated rings. The molecule has 1 aromatic carbocycles. The van der Waals surface area contributed by atoms with Crippen LogP contribution in [0.25, 0.3) is 0 Å². The molecule has 2 rings (SSSR count). The highest BCUT2D eigenvalue weighted by Gasteiger charge is 2.12. The van der Waals surface area contributed by atoms with Crippen molar-refractivity contribution >= 4 is 29.0 Å². The van der Waals surface area contributed by atoms with Gasteiger partial charge in [-0.3, -0.25) is 0 Å². The molecular formula is C8H6ClNOS. The predicted octanol–water partition coefficient (Wildman–Crippen LogP) is 2.11. The molecule has 62 valence electrons. The Kier molecular flexibility index (Phi) is 1.90. The van der Waals surface area contributed by atoms with Gasteiger partial charge in [-0.15, -0.1) is 0 Å². The minimum absolute atomic E-state index is 0.407. The highest BCUT2D eigenvalue weighted by Crippen LogP contribution is 2.25. The minimum Gasteiger partial charge on any atom is -0.432 e. The van der Waals surface area contributed by atoms with Crippen LogP contribution in [0.4, 0.5) is 0 Å². The molecule has 1 heterocycles. The normalized spacial score (nSPS) is 14.6. The number of halogens is 1. The van der Waals surface area contributed by atoms with Gasteiger partial charge in [0.05, 0.1) is 0 Å². The van der Waals surface area contributed by atoms with Gasteiger partial charge in [-0.25, -0.2) is 0 Å². The number of ether oxygens (including phenoxy) is 1. The molecule has 0 atom stereocenters. The monoisotopic (exact) mass is 199 g/mol. The topological polar surface area (TPSA) is 21.3 Å². The average Bonchev–Trinajstić information content (AvgIpc) is 2.03. The van der Waals surface area contributed by atoms with Crippen LogP contribution in [0.3, 0.4) is 0 Å². The molecule has 0 unspecified atom stereocenters. The molecule has 1 aromatic rings. The molecule has 0 saturated carbocycles. The molecule has 12 heavy (non-hydrogen) atoms. The first-order valence-electron chi connectivity index (χ1n) is 3.50. The fraction of sp³-hybridized carbons (Fsp3) is 0.125. The molecule has 4 heteroatoms. The molecular weight excluding hydrogens is 194 g/mol. The van der Waals surface area contributed by atoms with Crippen LogP contribution in [-0.2, 0) is 6.54 Å². The lowest BCUT2D eigenvalue weighted by molar-refractivity contribution is 0.498. The van der Waals surface area contributed by atoms with E-state index in [2.05, 4.69) is 5.32 Å². The van der Waals surface area contributed by atoms with Gasteiger partial charge >= 0.3 is 0 Å². The van der Waals surface area contributed by atoms with Gasteiger partial charge in [0.25, 0.3) is 5.17 Å². The summed E-state index contributed by atoms with van der Waals surface area (Å²) in [7, 11) is 0. The third kappa shape index (κ3) is 1.38. The van der Waals surface area contributed by atoms with Gasteiger partial charge in [-0.1, -0.05) is 17.7 Å². The summed E-state index contributed by atoms with van der Waals surface area (Å²) in [4.78, 5) is 0. The van der Waals surface area contributed by atoms with E-state index >= 15 is 0 Å². The molecule has 0 amide bonds. The Morgan fingerprint density at radius 2 is 2.33 bits per heavy atom. The average molecular weight is 200 g/mol. The molecule has 0 bridgehead atoms. The highest BCUT2D eigenvalue weighted by atomic mass is 35.5. The third-order valence-corrected chi connectivity index (χ3v) is 2.12. The van der Waals surface area contributed by atoms with Gasteiger partial charge in [-0.2, -0.15) is 0 Å². The quantitative estimate of drug-likeness (QED) is 0.647. The van der Waals surface area contributed by atoms with E-state index in [1.54, 1.807) is 6.07 Å². The first-order valence-corrected chi connectivity index (χ1v) is 4.28. The first-order chi connectivity index (χ1) is 5.75. The first kappa shape index (κ1) is 7.83. The Bertz CT molecular complexity index is 340.